The van der Waals surface area contributed by atoms with Gasteiger partial charge >= 0.3 is 0 Å². The number of nitro benzene ring substituents is 1. The van der Waals surface area contributed by atoms with E-state index in [2.05, 4.69) is 0 Å². The number of nitrogens with zero attached hydrogens (tertiary/aromatic N) is 2. The summed E-state index contributed by atoms with van der Waals surface area (Å²) in [5.74, 6) is 0. The molecular formula is C7H5ClN2O5. The second kappa shape index (κ2) is 4.22. The third-order valence-electron chi connectivity index (χ3n) is 1.57. The summed E-state index contributed by atoms with van der Waals surface area (Å²) >= 11 is 5.11. The van der Waals surface area contributed by atoms with Gasteiger partial charge in [-0.05, 0) is 17.7 Å². The molecule has 0 atom stereocenters. The van der Waals surface area contributed by atoms with Gasteiger partial charge in [0, 0.05) is 17.7 Å². The van der Waals surface area contributed by atoms with E-state index in [1.807, 2.05) is 0 Å². The van der Waals surface area contributed by atoms with Crippen molar-refractivity contribution >= 4 is 28.2 Å². The molecule has 0 aromatic heterocycles. The first-order valence-corrected chi connectivity index (χ1v) is 3.97. The Morgan fingerprint density at radius 1 is 1.40 bits per heavy atom. The standard InChI is InChI=1S/C7H5ClN2O5/c8-7(11)4-1-5(9(12)13)3-6(2-4)10(14)15/h1-3,12-13H. The molecule has 7 nitrogen and oxygen atoms in total. The van der Waals surface area contributed by atoms with E-state index in [1.54, 1.807) is 0 Å². The van der Waals surface area contributed by atoms with Crippen molar-refractivity contribution in [1.29, 1.82) is 0 Å². The molecule has 8 heteroatoms. The lowest BCUT2D eigenvalue weighted by Crippen LogP contribution is -2.12. The Morgan fingerprint density at radius 3 is 2.40 bits per heavy atom. The topological polar surface area (TPSA) is 104 Å². The second-order valence-corrected chi connectivity index (χ2v) is 2.90. The van der Waals surface area contributed by atoms with E-state index >= 15 is 0 Å². The number of nitro groups is 1. The Bertz CT molecular complexity index is 388. The molecule has 80 valence electrons. The molecule has 1 aromatic carbocycles. The minimum atomic E-state index is -0.929. The van der Waals surface area contributed by atoms with Crippen LogP contribution in [0, 0.1) is 10.1 Å². The molecule has 0 unspecified atom stereocenters. The SMILES string of the molecule is O=C(Cl)c1cc(N(O)O)cc([N+](=O)[O-])c1. The third-order valence-corrected chi connectivity index (χ3v) is 1.79. The van der Waals surface area contributed by atoms with Gasteiger partial charge in [0.2, 0.25) is 0 Å². The van der Waals surface area contributed by atoms with Gasteiger partial charge in [0.15, 0.2) is 0 Å². The Morgan fingerprint density at radius 2 is 2.00 bits per heavy atom. The van der Waals surface area contributed by atoms with Crippen LogP contribution in [0.5, 0.6) is 0 Å². The molecule has 0 fully saturated rings. The van der Waals surface area contributed by atoms with E-state index in [4.69, 9.17) is 22.0 Å². The maximum absolute atomic E-state index is 10.8. The maximum atomic E-state index is 10.8. The minimum Gasteiger partial charge on any atom is -0.276 e. The summed E-state index contributed by atoms with van der Waals surface area (Å²) < 4.78 is 0. The van der Waals surface area contributed by atoms with E-state index in [0.717, 1.165) is 18.2 Å². The Labute approximate surface area is 88.2 Å². The normalized spacial score (nSPS) is 9.80. The summed E-state index contributed by atoms with van der Waals surface area (Å²) in [7, 11) is 0. The van der Waals surface area contributed by atoms with Gasteiger partial charge in [0.05, 0.1) is 4.92 Å². The highest BCUT2D eigenvalue weighted by molar-refractivity contribution is 6.67. The lowest BCUT2D eigenvalue weighted by atomic mass is 10.2. The molecule has 0 saturated heterocycles. The fourth-order valence-corrected chi connectivity index (χ4v) is 1.04. The molecule has 0 aliphatic carbocycles. The van der Waals surface area contributed by atoms with E-state index in [9.17, 15) is 14.9 Å². The lowest BCUT2D eigenvalue weighted by molar-refractivity contribution is -0.384. The van der Waals surface area contributed by atoms with Crippen LogP contribution in [0.15, 0.2) is 18.2 Å². The van der Waals surface area contributed by atoms with E-state index in [-0.39, 0.29) is 16.5 Å². The second-order valence-electron chi connectivity index (χ2n) is 2.56. The summed E-state index contributed by atoms with van der Waals surface area (Å²) in [6.07, 6.45) is 0. The van der Waals surface area contributed by atoms with Gasteiger partial charge in [-0.15, -0.1) is 5.23 Å². The molecule has 0 aliphatic rings. The van der Waals surface area contributed by atoms with E-state index < -0.39 is 15.9 Å². The van der Waals surface area contributed by atoms with Crippen molar-refractivity contribution < 1.29 is 20.1 Å². The van der Waals surface area contributed by atoms with Gasteiger partial charge in [-0.25, -0.2) is 0 Å². The van der Waals surface area contributed by atoms with Crippen LogP contribution in [0.3, 0.4) is 0 Å². The van der Waals surface area contributed by atoms with Crippen LogP contribution in [0.4, 0.5) is 11.4 Å². The highest BCUT2D eigenvalue weighted by atomic mass is 35.5. The van der Waals surface area contributed by atoms with Crippen LogP contribution in [0.25, 0.3) is 0 Å². The number of non-ortho nitro benzene ring substituents is 1. The molecule has 0 aliphatic heterocycles. The summed E-state index contributed by atoms with van der Waals surface area (Å²) in [6.45, 7) is 0. The molecule has 1 rings (SSSR count). The van der Waals surface area contributed by atoms with Crippen molar-refractivity contribution in [1.82, 2.24) is 0 Å². The average molecular weight is 233 g/mol. The van der Waals surface area contributed by atoms with Gasteiger partial charge in [-0.1, -0.05) is 0 Å². The molecule has 15 heavy (non-hydrogen) atoms. The van der Waals surface area contributed by atoms with Crippen LogP contribution in [-0.4, -0.2) is 20.6 Å². The molecule has 0 radical (unpaired) electrons. The smallest absolute Gasteiger partial charge is 0.272 e. The number of benzene rings is 1. The molecule has 0 saturated carbocycles. The highest BCUT2D eigenvalue weighted by Gasteiger charge is 2.15. The summed E-state index contributed by atoms with van der Waals surface area (Å²) in [5.41, 5.74) is -0.994. The predicted octanol–water partition coefficient (Wildman–Crippen LogP) is 1.56. The zero-order valence-electron chi connectivity index (χ0n) is 7.12. The molecule has 0 amide bonds. The summed E-state index contributed by atoms with van der Waals surface area (Å²) in [5, 5.41) is 26.5. The maximum Gasteiger partial charge on any atom is 0.272 e. The molecule has 1 aromatic rings. The number of rotatable bonds is 3. The van der Waals surface area contributed by atoms with Crippen molar-refractivity contribution in [3.8, 4) is 0 Å². The lowest BCUT2D eigenvalue weighted by Gasteiger charge is -2.08. The van der Waals surface area contributed by atoms with E-state index in [1.165, 1.54) is 0 Å². The van der Waals surface area contributed by atoms with Gasteiger partial charge in [0.1, 0.15) is 5.69 Å². The number of hydrogen-bond acceptors (Lipinski definition) is 6. The van der Waals surface area contributed by atoms with Gasteiger partial charge in [-0.3, -0.25) is 25.3 Å². The van der Waals surface area contributed by atoms with Crippen molar-refractivity contribution in [2.45, 2.75) is 0 Å². The van der Waals surface area contributed by atoms with Crippen molar-refractivity contribution in [3.05, 3.63) is 33.9 Å². The highest BCUT2D eigenvalue weighted by Crippen LogP contribution is 2.23. The van der Waals surface area contributed by atoms with Crippen molar-refractivity contribution in [2.24, 2.45) is 0 Å². The Kier molecular flexibility index (Phi) is 3.20. The first-order chi connectivity index (χ1) is 6.91. The van der Waals surface area contributed by atoms with Crippen LogP contribution in [0.1, 0.15) is 10.4 Å². The number of carbonyl (C=O) groups is 1. The van der Waals surface area contributed by atoms with E-state index in [0.29, 0.717) is 0 Å². The fraction of sp³-hybridized carbons (Fsp3) is 0. The van der Waals surface area contributed by atoms with Crippen LogP contribution < -0.4 is 5.23 Å². The zero-order valence-corrected chi connectivity index (χ0v) is 7.88. The quantitative estimate of drug-likeness (QED) is 0.466. The van der Waals surface area contributed by atoms with Gasteiger partial charge < -0.3 is 0 Å². The summed E-state index contributed by atoms with van der Waals surface area (Å²) in [4.78, 5) is 20.4. The predicted molar refractivity (Wildman–Crippen MR) is 49.3 cm³/mol. The van der Waals surface area contributed by atoms with Gasteiger partial charge in [0.25, 0.3) is 10.9 Å². The van der Waals surface area contributed by atoms with Crippen LogP contribution >= 0.6 is 11.6 Å². The van der Waals surface area contributed by atoms with Crippen LogP contribution in [-0.2, 0) is 0 Å². The Hall–Kier alpha value is -1.70. The monoisotopic (exact) mass is 232 g/mol. The fourth-order valence-electron chi connectivity index (χ4n) is 0.930. The Balaban J connectivity index is 3.32. The van der Waals surface area contributed by atoms with Crippen molar-refractivity contribution in [3.63, 3.8) is 0 Å². The number of carbonyl (C=O) groups excluding carboxylic acids is 1. The first-order valence-electron chi connectivity index (χ1n) is 3.59. The van der Waals surface area contributed by atoms with Crippen LogP contribution in [0.2, 0.25) is 0 Å². The largest absolute Gasteiger partial charge is 0.276 e. The van der Waals surface area contributed by atoms with Gasteiger partial charge in [-0.2, -0.15) is 0 Å². The molecule has 2 N–H and O–H groups in total. The molecule has 0 bridgehead atoms. The van der Waals surface area contributed by atoms with Crippen molar-refractivity contribution in [2.75, 3.05) is 5.23 Å². The molecular weight excluding hydrogens is 228 g/mol. The average Bonchev–Trinajstić information content (AvgIpc) is 2.16. The molecule has 0 spiro atoms. The number of halogens is 1. The number of anilines is 1. The summed E-state index contributed by atoms with van der Waals surface area (Å²) in [6, 6.07) is 2.81. The zero-order chi connectivity index (χ0) is 11.6. The number of hydrogen-bond donors (Lipinski definition) is 2. The third kappa shape index (κ3) is 2.62. The molecule has 0 heterocycles. The first kappa shape index (κ1) is 11.4. The minimum absolute atomic E-state index is 0.200.